The molecule has 0 fully saturated rings. The fourth-order valence-corrected chi connectivity index (χ4v) is 1.61. The van der Waals surface area contributed by atoms with Crippen LogP contribution < -0.4 is 4.90 Å². The molecule has 0 amide bonds. The first-order valence-corrected chi connectivity index (χ1v) is 5.34. The molecule has 1 aromatic heterocycles. The van der Waals surface area contributed by atoms with Crippen molar-refractivity contribution in [2.24, 2.45) is 0 Å². The molecule has 2 aromatic rings. The fourth-order valence-electron chi connectivity index (χ4n) is 1.61. The smallest absolute Gasteiger partial charge is 0.298 e. The number of oxazole rings is 1. The van der Waals surface area contributed by atoms with Gasteiger partial charge in [-0.1, -0.05) is 0 Å². The molecule has 0 atom stereocenters. The molecule has 4 heteroatoms. The van der Waals surface area contributed by atoms with Crippen molar-refractivity contribution in [3.63, 3.8) is 0 Å². The van der Waals surface area contributed by atoms with E-state index < -0.39 is 0 Å². The molecule has 4 nitrogen and oxygen atoms in total. The van der Waals surface area contributed by atoms with Gasteiger partial charge in [0.2, 0.25) is 0 Å². The van der Waals surface area contributed by atoms with E-state index in [9.17, 15) is 0 Å². The molecular formula is C12H13N3O. The Morgan fingerprint density at radius 2 is 2.12 bits per heavy atom. The number of nitrogens with zero attached hydrogens (tertiary/aromatic N) is 3. The zero-order valence-electron chi connectivity index (χ0n) is 9.40. The SMILES string of the molecule is CCN(CC)c1nc2ccc(C#N)cc2o1. The van der Waals surface area contributed by atoms with Crippen LogP contribution in [0.1, 0.15) is 19.4 Å². The van der Waals surface area contributed by atoms with Gasteiger partial charge in [-0.15, -0.1) is 0 Å². The second kappa shape index (κ2) is 4.23. The summed E-state index contributed by atoms with van der Waals surface area (Å²) in [5.74, 6) is 0. The van der Waals surface area contributed by atoms with Crippen molar-refractivity contribution in [3.05, 3.63) is 23.8 Å². The zero-order chi connectivity index (χ0) is 11.5. The minimum Gasteiger partial charge on any atom is -0.423 e. The molecule has 0 bridgehead atoms. The highest BCUT2D eigenvalue weighted by Crippen LogP contribution is 2.22. The number of rotatable bonds is 3. The van der Waals surface area contributed by atoms with Gasteiger partial charge in [0.1, 0.15) is 5.52 Å². The zero-order valence-corrected chi connectivity index (χ0v) is 9.40. The maximum atomic E-state index is 8.78. The summed E-state index contributed by atoms with van der Waals surface area (Å²) in [7, 11) is 0. The van der Waals surface area contributed by atoms with Crippen molar-refractivity contribution < 1.29 is 4.42 Å². The van der Waals surface area contributed by atoms with E-state index in [0.717, 1.165) is 18.6 Å². The number of fused-ring (bicyclic) bond motifs is 1. The fraction of sp³-hybridized carbons (Fsp3) is 0.333. The predicted octanol–water partition coefficient (Wildman–Crippen LogP) is 2.55. The van der Waals surface area contributed by atoms with Gasteiger partial charge in [-0.25, -0.2) is 0 Å². The summed E-state index contributed by atoms with van der Waals surface area (Å²) in [5.41, 5.74) is 2.05. The summed E-state index contributed by atoms with van der Waals surface area (Å²) in [6.45, 7) is 5.82. The summed E-state index contributed by atoms with van der Waals surface area (Å²) in [5, 5.41) is 8.78. The molecule has 0 N–H and O–H groups in total. The molecule has 0 saturated carbocycles. The van der Waals surface area contributed by atoms with Crippen LogP contribution in [-0.2, 0) is 0 Å². The van der Waals surface area contributed by atoms with Gasteiger partial charge >= 0.3 is 0 Å². The van der Waals surface area contributed by atoms with Gasteiger partial charge in [0.25, 0.3) is 6.01 Å². The van der Waals surface area contributed by atoms with Crippen LogP contribution in [0.3, 0.4) is 0 Å². The minimum atomic E-state index is 0.592. The lowest BCUT2D eigenvalue weighted by atomic mass is 10.2. The average Bonchev–Trinajstić information content (AvgIpc) is 2.72. The summed E-state index contributed by atoms with van der Waals surface area (Å²) in [4.78, 5) is 6.41. The number of benzene rings is 1. The molecule has 0 radical (unpaired) electrons. The third-order valence-corrected chi connectivity index (χ3v) is 2.54. The normalized spacial score (nSPS) is 10.3. The quantitative estimate of drug-likeness (QED) is 0.789. The van der Waals surface area contributed by atoms with Crippen LogP contribution in [0.15, 0.2) is 22.6 Å². The van der Waals surface area contributed by atoms with Crippen LogP contribution >= 0.6 is 0 Å². The number of hydrogen-bond donors (Lipinski definition) is 0. The van der Waals surface area contributed by atoms with Crippen molar-refractivity contribution in [1.29, 1.82) is 5.26 Å². The van der Waals surface area contributed by atoms with E-state index in [1.54, 1.807) is 12.1 Å². The van der Waals surface area contributed by atoms with Gasteiger partial charge in [0.05, 0.1) is 11.6 Å². The molecule has 0 spiro atoms. The molecule has 0 unspecified atom stereocenters. The van der Waals surface area contributed by atoms with E-state index in [1.165, 1.54) is 0 Å². The molecule has 0 aliphatic carbocycles. The first-order chi connectivity index (χ1) is 7.78. The van der Waals surface area contributed by atoms with E-state index in [0.29, 0.717) is 17.2 Å². The summed E-state index contributed by atoms with van der Waals surface area (Å²) < 4.78 is 5.62. The second-order valence-corrected chi connectivity index (χ2v) is 3.46. The Labute approximate surface area is 94.1 Å². The number of aromatic nitrogens is 1. The van der Waals surface area contributed by atoms with Crippen molar-refractivity contribution in [2.45, 2.75) is 13.8 Å². The van der Waals surface area contributed by atoms with Gasteiger partial charge in [-0.05, 0) is 26.0 Å². The molecular weight excluding hydrogens is 202 g/mol. The van der Waals surface area contributed by atoms with Gasteiger partial charge in [0, 0.05) is 19.2 Å². The standard InChI is InChI=1S/C12H13N3O/c1-3-15(4-2)12-14-10-6-5-9(8-13)7-11(10)16-12/h5-7H,3-4H2,1-2H3. The van der Waals surface area contributed by atoms with Crippen molar-refractivity contribution in [2.75, 3.05) is 18.0 Å². The molecule has 82 valence electrons. The lowest BCUT2D eigenvalue weighted by Crippen LogP contribution is -2.21. The monoisotopic (exact) mass is 215 g/mol. The molecule has 0 aliphatic rings. The summed E-state index contributed by atoms with van der Waals surface area (Å²) in [6.07, 6.45) is 0. The Kier molecular flexibility index (Phi) is 2.78. The van der Waals surface area contributed by atoms with Crippen molar-refractivity contribution >= 4 is 17.1 Å². The molecule has 2 rings (SSSR count). The van der Waals surface area contributed by atoms with E-state index >= 15 is 0 Å². The van der Waals surface area contributed by atoms with E-state index in [-0.39, 0.29) is 0 Å². The second-order valence-electron chi connectivity index (χ2n) is 3.46. The van der Waals surface area contributed by atoms with Crippen molar-refractivity contribution in [3.8, 4) is 6.07 Å². The lowest BCUT2D eigenvalue weighted by Gasteiger charge is -2.14. The molecule has 0 saturated heterocycles. The first kappa shape index (κ1) is 10.5. The maximum absolute atomic E-state index is 8.78. The van der Waals surface area contributed by atoms with Crippen LogP contribution in [0.5, 0.6) is 0 Å². The Balaban J connectivity index is 2.48. The molecule has 1 heterocycles. The number of hydrogen-bond acceptors (Lipinski definition) is 4. The highest BCUT2D eigenvalue weighted by Gasteiger charge is 2.10. The van der Waals surface area contributed by atoms with Gasteiger partial charge < -0.3 is 9.32 Å². The van der Waals surface area contributed by atoms with E-state index in [2.05, 4.69) is 24.9 Å². The van der Waals surface area contributed by atoms with Crippen molar-refractivity contribution in [1.82, 2.24) is 4.98 Å². The summed E-state index contributed by atoms with van der Waals surface area (Å²) >= 11 is 0. The Morgan fingerprint density at radius 1 is 1.38 bits per heavy atom. The predicted molar refractivity (Wildman–Crippen MR) is 62.3 cm³/mol. The third kappa shape index (κ3) is 1.72. The highest BCUT2D eigenvalue weighted by molar-refractivity contribution is 5.76. The largest absolute Gasteiger partial charge is 0.423 e. The maximum Gasteiger partial charge on any atom is 0.298 e. The molecule has 16 heavy (non-hydrogen) atoms. The van der Waals surface area contributed by atoms with Gasteiger partial charge in [-0.2, -0.15) is 10.2 Å². The summed E-state index contributed by atoms with van der Waals surface area (Å²) in [6, 6.07) is 7.98. The third-order valence-electron chi connectivity index (χ3n) is 2.54. The van der Waals surface area contributed by atoms with Crippen LogP contribution in [0.4, 0.5) is 6.01 Å². The Hall–Kier alpha value is -2.02. The first-order valence-electron chi connectivity index (χ1n) is 5.34. The van der Waals surface area contributed by atoms with Gasteiger partial charge in [0.15, 0.2) is 5.58 Å². The highest BCUT2D eigenvalue weighted by atomic mass is 16.4. The minimum absolute atomic E-state index is 0.592. The van der Waals surface area contributed by atoms with Crippen LogP contribution in [0.2, 0.25) is 0 Å². The number of anilines is 1. The Bertz CT molecular complexity index is 535. The average molecular weight is 215 g/mol. The van der Waals surface area contributed by atoms with Gasteiger partial charge in [-0.3, -0.25) is 0 Å². The van der Waals surface area contributed by atoms with Crippen LogP contribution in [0.25, 0.3) is 11.1 Å². The van der Waals surface area contributed by atoms with Crippen LogP contribution in [-0.4, -0.2) is 18.1 Å². The lowest BCUT2D eigenvalue weighted by molar-refractivity contribution is 0.576. The van der Waals surface area contributed by atoms with E-state index in [1.807, 2.05) is 11.0 Å². The molecule has 0 aliphatic heterocycles. The topological polar surface area (TPSA) is 53.1 Å². The Morgan fingerprint density at radius 3 is 2.75 bits per heavy atom. The van der Waals surface area contributed by atoms with E-state index in [4.69, 9.17) is 9.68 Å². The molecule has 1 aromatic carbocycles. The van der Waals surface area contributed by atoms with Crippen LogP contribution in [0, 0.1) is 11.3 Å². The number of nitriles is 1.